The van der Waals surface area contributed by atoms with E-state index in [0.29, 0.717) is 16.0 Å². The van der Waals surface area contributed by atoms with Gasteiger partial charge in [0, 0.05) is 24.1 Å². The fraction of sp³-hybridized carbons (Fsp3) is 0.160. The summed E-state index contributed by atoms with van der Waals surface area (Å²) in [5, 5.41) is 11.3. The van der Waals surface area contributed by atoms with E-state index >= 15 is 0 Å². The van der Waals surface area contributed by atoms with Gasteiger partial charge >= 0.3 is 18.0 Å². The molecule has 0 spiro atoms. The van der Waals surface area contributed by atoms with E-state index in [0.717, 1.165) is 6.26 Å². The van der Waals surface area contributed by atoms with Crippen molar-refractivity contribution in [2.24, 2.45) is 0 Å². The van der Waals surface area contributed by atoms with Crippen LogP contribution >= 0.6 is 0 Å². The average molecular weight is 516 g/mol. The fourth-order valence-electron chi connectivity index (χ4n) is 3.47. The van der Waals surface area contributed by atoms with Crippen molar-refractivity contribution in [2.45, 2.75) is 17.6 Å². The second-order valence-electron chi connectivity index (χ2n) is 7.89. The van der Waals surface area contributed by atoms with Crippen LogP contribution in [-0.2, 0) is 26.0 Å². The van der Waals surface area contributed by atoms with Crippen molar-refractivity contribution in [3.8, 4) is 17.2 Å². The number of halogens is 3. The van der Waals surface area contributed by atoms with Gasteiger partial charge in [-0.05, 0) is 41.5 Å². The first-order chi connectivity index (χ1) is 16.9. The van der Waals surface area contributed by atoms with Gasteiger partial charge in [0.1, 0.15) is 6.54 Å². The second kappa shape index (κ2) is 10.6. The van der Waals surface area contributed by atoms with Gasteiger partial charge in [-0.1, -0.05) is 42.5 Å². The van der Waals surface area contributed by atoms with Crippen LogP contribution in [0.3, 0.4) is 0 Å². The topological polar surface area (TPSA) is 107 Å². The summed E-state index contributed by atoms with van der Waals surface area (Å²) >= 11 is 0. The largest absolute Gasteiger partial charge is 0.406 e. The first-order valence-corrected chi connectivity index (χ1v) is 12.3. The fourth-order valence-corrected chi connectivity index (χ4v) is 4.38. The van der Waals surface area contributed by atoms with E-state index in [4.69, 9.17) is 5.26 Å². The number of nitrogens with zero attached hydrogens (tertiary/aromatic N) is 2. The summed E-state index contributed by atoms with van der Waals surface area (Å²) in [4.78, 5) is 25.6. The van der Waals surface area contributed by atoms with E-state index in [1.54, 1.807) is 18.2 Å². The average Bonchev–Trinajstić information content (AvgIpc) is 2.82. The van der Waals surface area contributed by atoms with E-state index in [-0.39, 0.29) is 21.7 Å². The molecule has 7 nitrogen and oxygen atoms in total. The molecule has 3 aromatic carbocycles. The number of alkyl halides is 3. The Labute approximate surface area is 205 Å². The monoisotopic (exact) mass is 515 g/mol. The molecule has 0 aromatic heterocycles. The molecular formula is C25H20F3N3O4S. The maximum absolute atomic E-state index is 13.1. The van der Waals surface area contributed by atoms with Gasteiger partial charge in [0.2, 0.25) is 0 Å². The van der Waals surface area contributed by atoms with Crippen LogP contribution in [-0.4, -0.2) is 44.1 Å². The second-order valence-corrected chi connectivity index (χ2v) is 9.87. The van der Waals surface area contributed by atoms with Crippen LogP contribution in [0.2, 0.25) is 0 Å². The molecule has 0 fully saturated rings. The first-order valence-electron chi connectivity index (χ1n) is 10.4. The Bertz CT molecular complexity index is 1430. The molecule has 3 rings (SSSR count). The van der Waals surface area contributed by atoms with Crippen molar-refractivity contribution < 1.29 is 31.2 Å². The number of hydrogen-bond donors (Lipinski definition) is 1. The Morgan fingerprint density at radius 1 is 1.00 bits per heavy atom. The minimum absolute atomic E-state index is 0.111. The number of anilines is 1. The van der Waals surface area contributed by atoms with E-state index < -0.39 is 40.9 Å². The van der Waals surface area contributed by atoms with Gasteiger partial charge in [-0.15, -0.1) is 0 Å². The molecule has 0 saturated heterocycles. The lowest BCUT2D eigenvalue weighted by molar-refractivity contribution is -0.164. The normalized spacial score (nSPS) is 11.4. The van der Waals surface area contributed by atoms with Crippen LogP contribution in [0.15, 0.2) is 77.7 Å². The van der Waals surface area contributed by atoms with Crippen molar-refractivity contribution in [3.05, 3.63) is 83.9 Å². The number of rotatable bonds is 6. The quantitative estimate of drug-likeness (QED) is 0.496. The van der Waals surface area contributed by atoms with Crippen LogP contribution < -0.4 is 5.32 Å². The lowest BCUT2D eigenvalue weighted by Crippen LogP contribution is -2.44. The van der Waals surface area contributed by atoms with Gasteiger partial charge in [0.25, 0.3) is 0 Å². The molecule has 0 bridgehead atoms. The molecule has 3 aromatic rings. The molecule has 0 aliphatic carbocycles. The standard InChI is InChI=1S/C25H20F3N3O4S/c1-36(34,35)22-8-3-2-7-21(22)19-9-11-20(12-10-19)30-23(32)24(33)31(16-25(26,27)28)15-18-6-4-5-17(13-18)14-29/h2-13H,15-16H2,1H3,(H,30,32). The Kier molecular flexibility index (Phi) is 7.80. The summed E-state index contributed by atoms with van der Waals surface area (Å²) in [6.07, 6.45) is -3.67. The van der Waals surface area contributed by atoms with Gasteiger partial charge in [0.15, 0.2) is 9.84 Å². The number of hydrogen-bond acceptors (Lipinski definition) is 5. The lowest BCUT2D eigenvalue weighted by atomic mass is 10.1. The lowest BCUT2D eigenvalue weighted by Gasteiger charge is -2.23. The molecule has 0 saturated carbocycles. The highest BCUT2D eigenvalue weighted by molar-refractivity contribution is 7.90. The third-order valence-corrected chi connectivity index (χ3v) is 6.18. The molecule has 1 N–H and O–H groups in total. The summed E-state index contributed by atoms with van der Waals surface area (Å²) in [5.74, 6) is -2.68. The number of carbonyl (C=O) groups is 2. The minimum Gasteiger partial charge on any atom is -0.321 e. The summed E-state index contributed by atoms with van der Waals surface area (Å²) < 4.78 is 63.4. The predicted molar refractivity (Wildman–Crippen MR) is 126 cm³/mol. The van der Waals surface area contributed by atoms with Gasteiger partial charge < -0.3 is 10.2 Å². The number of amides is 2. The third-order valence-electron chi connectivity index (χ3n) is 5.02. The molecule has 36 heavy (non-hydrogen) atoms. The Morgan fingerprint density at radius 3 is 2.28 bits per heavy atom. The van der Waals surface area contributed by atoms with Crippen LogP contribution in [0.4, 0.5) is 18.9 Å². The molecule has 0 heterocycles. The Hall–Kier alpha value is -4.17. The van der Waals surface area contributed by atoms with Gasteiger partial charge in [-0.25, -0.2) is 8.42 Å². The zero-order chi connectivity index (χ0) is 26.5. The van der Waals surface area contributed by atoms with E-state index in [9.17, 15) is 31.2 Å². The molecule has 2 amide bonds. The predicted octanol–water partition coefficient (Wildman–Crippen LogP) is 4.16. The van der Waals surface area contributed by atoms with E-state index in [1.165, 1.54) is 54.6 Å². The van der Waals surface area contributed by atoms with Crippen LogP contribution in [0.5, 0.6) is 0 Å². The number of sulfone groups is 1. The molecule has 186 valence electrons. The molecule has 11 heteroatoms. The number of carbonyl (C=O) groups excluding carboxylic acids is 2. The smallest absolute Gasteiger partial charge is 0.321 e. The highest BCUT2D eigenvalue weighted by atomic mass is 32.2. The highest BCUT2D eigenvalue weighted by Gasteiger charge is 2.35. The summed E-state index contributed by atoms with van der Waals surface area (Å²) in [6.45, 7) is -2.18. The van der Waals surface area contributed by atoms with Crippen molar-refractivity contribution in [1.82, 2.24) is 4.90 Å². The Balaban J connectivity index is 1.79. The minimum atomic E-state index is -4.75. The van der Waals surface area contributed by atoms with Crippen LogP contribution in [0, 0.1) is 11.3 Å². The third kappa shape index (κ3) is 6.93. The highest BCUT2D eigenvalue weighted by Crippen LogP contribution is 2.28. The molecular weight excluding hydrogens is 495 g/mol. The SMILES string of the molecule is CS(=O)(=O)c1ccccc1-c1ccc(NC(=O)C(=O)N(Cc2cccc(C#N)c2)CC(F)(F)F)cc1. The number of nitrogens with one attached hydrogen (secondary N) is 1. The molecule has 0 aliphatic rings. The Morgan fingerprint density at radius 2 is 1.67 bits per heavy atom. The van der Waals surface area contributed by atoms with Crippen molar-refractivity contribution in [2.75, 3.05) is 18.1 Å². The van der Waals surface area contributed by atoms with Gasteiger partial charge in [-0.3, -0.25) is 9.59 Å². The van der Waals surface area contributed by atoms with E-state index in [1.807, 2.05) is 6.07 Å². The molecule has 0 atom stereocenters. The zero-order valence-corrected chi connectivity index (χ0v) is 19.7. The van der Waals surface area contributed by atoms with Gasteiger partial charge in [0.05, 0.1) is 16.5 Å². The van der Waals surface area contributed by atoms with E-state index in [2.05, 4.69) is 5.32 Å². The number of nitriles is 1. The van der Waals surface area contributed by atoms with Gasteiger partial charge in [-0.2, -0.15) is 18.4 Å². The molecule has 0 unspecified atom stereocenters. The maximum atomic E-state index is 13.1. The summed E-state index contributed by atoms with van der Waals surface area (Å²) in [5.41, 5.74) is 1.55. The first kappa shape index (κ1) is 26.4. The van der Waals surface area contributed by atoms with Crippen LogP contribution in [0.25, 0.3) is 11.1 Å². The maximum Gasteiger partial charge on any atom is 0.406 e. The molecule has 0 aliphatic heterocycles. The van der Waals surface area contributed by atoms with Crippen molar-refractivity contribution >= 4 is 27.3 Å². The zero-order valence-electron chi connectivity index (χ0n) is 18.9. The van der Waals surface area contributed by atoms with Crippen molar-refractivity contribution in [3.63, 3.8) is 0 Å². The van der Waals surface area contributed by atoms with Crippen LogP contribution in [0.1, 0.15) is 11.1 Å². The summed E-state index contributed by atoms with van der Waals surface area (Å²) in [6, 6.07) is 19.8. The molecule has 0 radical (unpaired) electrons. The van der Waals surface area contributed by atoms with Crippen molar-refractivity contribution in [1.29, 1.82) is 5.26 Å². The summed E-state index contributed by atoms with van der Waals surface area (Å²) in [7, 11) is -3.51. The number of benzene rings is 3.